The van der Waals surface area contributed by atoms with Crippen molar-refractivity contribution in [3.8, 4) is 0 Å². The number of likely N-dealkylation sites (N-methyl/N-ethyl adjacent to an activating group) is 1. The lowest BCUT2D eigenvalue weighted by Gasteiger charge is -2.23. The van der Waals surface area contributed by atoms with Crippen LogP contribution in [-0.4, -0.2) is 48.7 Å². The SMILES string of the molecule is CC(NC(=O)c1ccc(/C(F)=C/C(c2cc(Cl)cc(C(F)(F)F)c2)C(F)(F)F)cc1C(F)(F)F)C(=O)N(C)CC(F)(F)F. The molecule has 1 N–H and O–H groups in total. The van der Waals surface area contributed by atoms with E-state index in [1.807, 2.05) is 0 Å². The van der Waals surface area contributed by atoms with Crippen LogP contribution in [0.2, 0.25) is 5.02 Å². The minimum atomic E-state index is -5.44. The molecule has 2 aromatic rings. The monoisotopic (exact) mass is 660 g/mol. The summed E-state index contributed by atoms with van der Waals surface area (Å²) in [4.78, 5) is 24.7. The predicted molar refractivity (Wildman–Crippen MR) is 126 cm³/mol. The van der Waals surface area contributed by atoms with E-state index in [1.54, 1.807) is 5.32 Å². The number of carbonyl (C=O) groups is 2. The molecule has 2 aromatic carbocycles. The molecule has 0 spiro atoms. The van der Waals surface area contributed by atoms with Gasteiger partial charge in [0, 0.05) is 17.6 Å². The second-order valence-corrected chi connectivity index (χ2v) is 9.50. The molecule has 0 saturated heterocycles. The fourth-order valence-electron chi connectivity index (χ4n) is 3.72. The predicted octanol–water partition coefficient (Wildman–Crippen LogP) is 8.17. The zero-order valence-electron chi connectivity index (χ0n) is 21.5. The Labute approximate surface area is 239 Å². The van der Waals surface area contributed by atoms with Gasteiger partial charge in [0.05, 0.1) is 16.7 Å². The van der Waals surface area contributed by atoms with Gasteiger partial charge in [-0.1, -0.05) is 17.7 Å². The van der Waals surface area contributed by atoms with E-state index < -0.39 is 93.7 Å². The van der Waals surface area contributed by atoms with E-state index in [0.717, 1.165) is 6.92 Å². The van der Waals surface area contributed by atoms with Crippen LogP contribution in [0.5, 0.6) is 0 Å². The average Bonchev–Trinajstić information content (AvgIpc) is 2.82. The number of rotatable bonds is 7. The number of nitrogens with zero attached hydrogens (tertiary/aromatic N) is 1. The van der Waals surface area contributed by atoms with Crippen LogP contribution in [0.1, 0.15) is 45.5 Å². The first-order chi connectivity index (χ1) is 19.3. The van der Waals surface area contributed by atoms with E-state index in [1.165, 1.54) is 0 Å². The van der Waals surface area contributed by atoms with Gasteiger partial charge in [-0.05, 0) is 48.9 Å². The molecule has 43 heavy (non-hydrogen) atoms. The summed E-state index contributed by atoms with van der Waals surface area (Å²) in [5.41, 5.74) is -7.11. The second kappa shape index (κ2) is 12.6. The van der Waals surface area contributed by atoms with Gasteiger partial charge in [0.15, 0.2) is 0 Å². The molecule has 0 aliphatic carbocycles. The fraction of sp³-hybridized carbons (Fsp3) is 0.360. The summed E-state index contributed by atoms with van der Waals surface area (Å²) in [6.07, 6.45) is -21.1. The van der Waals surface area contributed by atoms with Crippen molar-refractivity contribution in [2.75, 3.05) is 13.6 Å². The summed E-state index contributed by atoms with van der Waals surface area (Å²) in [5.74, 6) is -8.05. The molecule has 238 valence electrons. The molecular formula is C25H18ClF13N2O2. The van der Waals surface area contributed by atoms with Gasteiger partial charge in [0.25, 0.3) is 5.91 Å². The molecular weight excluding hydrogens is 643 g/mol. The van der Waals surface area contributed by atoms with E-state index in [9.17, 15) is 66.7 Å². The molecule has 0 saturated carbocycles. The van der Waals surface area contributed by atoms with E-state index in [2.05, 4.69) is 0 Å². The summed E-state index contributed by atoms with van der Waals surface area (Å²) in [6, 6.07) is -0.245. The number of halogens is 14. The molecule has 2 atom stereocenters. The highest BCUT2D eigenvalue weighted by atomic mass is 35.5. The summed E-state index contributed by atoms with van der Waals surface area (Å²) in [7, 11) is 0.713. The van der Waals surface area contributed by atoms with Gasteiger partial charge in [0.1, 0.15) is 24.3 Å². The molecule has 18 heteroatoms. The third-order valence-corrected chi connectivity index (χ3v) is 5.85. The third-order valence-electron chi connectivity index (χ3n) is 5.63. The van der Waals surface area contributed by atoms with Crippen LogP contribution < -0.4 is 5.32 Å². The molecule has 2 unspecified atom stereocenters. The number of nitrogens with one attached hydrogen (secondary N) is 1. The van der Waals surface area contributed by atoms with Crippen LogP contribution in [-0.2, 0) is 17.1 Å². The van der Waals surface area contributed by atoms with Crippen LogP contribution in [0, 0.1) is 0 Å². The smallest absolute Gasteiger partial charge is 0.341 e. The second-order valence-electron chi connectivity index (χ2n) is 9.07. The maximum absolute atomic E-state index is 15.0. The first-order valence-electron chi connectivity index (χ1n) is 11.5. The van der Waals surface area contributed by atoms with Crippen molar-refractivity contribution in [1.29, 1.82) is 0 Å². The molecule has 0 radical (unpaired) electrons. The normalized spacial score (nSPS) is 14.7. The van der Waals surface area contributed by atoms with Gasteiger partial charge in [-0.25, -0.2) is 4.39 Å². The van der Waals surface area contributed by atoms with E-state index >= 15 is 0 Å². The maximum Gasteiger partial charge on any atom is 0.417 e. The van der Waals surface area contributed by atoms with E-state index in [4.69, 9.17) is 11.6 Å². The van der Waals surface area contributed by atoms with Crippen LogP contribution in [0.4, 0.5) is 57.1 Å². The highest BCUT2D eigenvalue weighted by Crippen LogP contribution is 2.42. The zero-order valence-corrected chi connectivity index (χ0v) is 22.2. The molecule has 4 nitrogen and oxygen atoms in total. The van der Waals surface area contributed by atoms with Crippen molar-refractivity contribution in [3.63, 3.8) is 0 Å². The lowest BCUT2D eigenvalue weighted by Crippen LogP contribution is -2.48. The number of amides is 2. The Morgan fingerprint density at radius 1 is 0.907 bits per heavy atom. The van der Waals surface area contributed by atoms with Crippen LogP contribution in [0.25, 0.3) is 5.83 Å². The highest BCUT2D eigenvalue weighted by molar-refractivity contribution is 6.30. The summed E-state index contributed by atoms with van der Waals surface area (Å²) < 4.78 is 174. The van der Waals surface area contributed by atoms with Crippen molar-refractivity contribution in [3.05, 3.63) is 75.3 Å². The van der Waals surface area contributed by atoms with Crippen molar-refractivity contribution >= 4 is 29.2 Å². The molecule has 0 heterocycles. The molecule has 0 fully saturated rings. The lowest BCUT2D eigenvalue weighted by molar-refractivity contribution is -0.159. The highest BCUT2D eigenvalue weighted by Gasteiger charge is 2.42. The lowest BCUT2D eigenvalue weighted by atomic mass is 9.94. The number of alkyl halides is 12. The molecule has 0 bridgehead atoms. The van der Waals surface area contributed by atoms with Crippen molar-refractivity contribution in [2.45, 2.75) is 43.6 Å². The van der Waals surface area contributed by atoms with Gasteiger partial charge in [-0.3, -0.25) is 9.59 Å². The molecule has 0 aliphatic rings. The van der Waals surface area contributed by atoms with Crippen LogP contribution >= 0.6 is 11.6 Å². The van der Waals surface area contributed by atoms with Crippen molar-refractivity contribution in [1.82, 2.24) is 10.2 Å². The van der Waals surface area contributed by atoms with E-state index in [-0.39, 0.29) is 23.1 Å². The third kappa shape index (κ3) is 9.76. The maximum atomic E-state index is 15.0. The summed E-state index contributed by atoms with van der Waals surface area (Å²) >= 11 is 5.50. The van der Waals surface area contributed by atoms with Gasteiger partial charge in [0.2, 0.25) is 5.91 Å². The van der Waals surface area contributed by atoms with Gasteiger partial charge in [-0.2, -0.15) is 52.7 Å². The Morgan fingerprint density at radius 3 is 1.98 bits per heavy atom. The zero-order chi connectivity index (χ0) is 33.3. The number of allylic oxidation sites excluding steroid dienone is 1. The fourth-order valence-corrected chi connectivity index (χ4v) is 3.96. The van der Waals surface area contributed by atoms with Crippen LogP contribution in [0.3, 0.4) is 0 Å². The summed E-state index contributed by atoms with van der Waals surface area (Å²) in [6.45, 7) is -0.875. The Kier molecular flexibility index (Phi) is 10.5. The molecule has 0 aliphatic heterocycles. The average molecular weight is 661 g/mol. The number of hydrogen-bond donors (Lipinski definition) is 1. The van der Waals surface area contributed by atoms with Gasteiger partial charge < -0.3 is 10.2 Å². The molecule has 2 amide bonds. The Hall–Kier alpha value is -3.50. The minimum Gasteiger partial charge on any atom is -0.341 e. The van der Waals surface area contributed by atoms with E-state index in [0.29, 0.717) is 31.3 Å². The standard InChI is InChI=1S/C25H18ClF13N2O2/c1-11(21(43)41(2)10-22(28,29)30)40-20(42)16-4-3-12(7-18(16)25(37,38)39)19(27)9-17(24(34,35)36)13-5-14(23(31,32)33)8-15(26)6-13/h3-9,11,17H,10H2,1-2H3,(H,40,42)/b19-9-. The molecule has 2 rings (SSSR count). The first kappa shape index (κ1) is 35.7. The molecule has 0 aromatic heterocycles. The van der Waals surface area contributed by atoms with Crippen molar-refractivity contribution < 1.29 is 66.7 Å². The number of hydrogen-bond acceptors (Lipinski definition) is 2. The largest absolute Gasteiger partial charge is 0.417 e. The first-order valence-corrected chi connectivity index (χ1v) is 11.8. The minimum absolute atomic E-state index is 0.0387. The Balaban J connectivity index is 2.51. The quantitative estimate of drug-likeness (QED) is 0.305. The Bertz CT molecular complexity index is 1380. The number of benzene rings is 2. The van der Waals surface area contributed by atoms with Gasteiger partial charge >= 0.3 is 24.7 Å². The van der Waals surface area contributed by atoms with Gasteiger partial charge in [-0.15, -0.1) is 0 Å². The Morgan fingerprint density at radius 2 is 1.49 bits per heavy atom. The summed E-state index contributed by atoms with van der Waals surface area (Å²) in [5, 5.41) is 0.969. The van der Waals surface area contributed by atoms with Crippen molar-refractivity contribution in [2.24, 2.45) is 0 Å². The number of carbonyl (C=O) groups excluding carboxylic acids is 2. The topological polar surface area (TPSA) is 49.4 Å². The van der Waals surface area contributed by atoms with Crippen LogP contribution in [0.15, 0.2) is 42.5 Å².